The number of benzene rings is 2. The van der Waals surface area contributed by atoms with Gasteiger partial charge < -0.3 is 24.1 Å². The first kappa shape index (κ1) is 18.6. The number of hydrogen-bond donors (Lipinski definition) is 1. The number of hydrogen-bond acceptors (Lipinski definition) is 6. The van der Waals surface area contributed by atoms with Crippen molar-refractivity contribution in [2.45, 2.75) is 12.0 Å². The van der Waals surface area contributed by atoms with E-state index < -0.39 is 11.9 Å². The number of fused-ring (bicyclic) bond motifs is 1. The third-order valence-electron chi connectivity index (χ3n) is 5.41. The molecule has 0 aliphatic carbocycles. The molecule has 148 valence electrons. The molecule has 7 heteroatoms. The number of likely N-dealkylation sites (tertiary alicyclic amines) is 1. The lowest BCUT2D eigenvalue weighted by atomic mass is 9.83. The van der Waals surface area contributed by atoms with Crippen LogP contribution in [0.4, 0.5) is 0 Å². The van der Waals surface area contributed by atoms with E-state index in [1.165, 1.54) is 0 Å². The number of aliphatic carboxylic acids is 1. The number of nitrogens with zero attached hydrogens (tertiary/aromatic N) is 1. The number of methoxy groups -OCH3 is 1. The summed E-state index contributed by atoms with van der Waals surface area (Å²) in [6.07, 6.45) is 0. The molecule has 2 aliphatic heterocycles. The van der Waals surface area contributed by atoms with E-state index in [1.807, 2.05) is 49.5 Å². The van der Waals surface area contributed by atoms with Crippen molar-refractivity contribution in [1.82, 2.24) is 4.90 Å². The largest absolute Gasteiger partial charge is 0.481 e. The third-order valence-corrected chi connectivity index (χ3v) is 5.41. The van der Waals surface area contributed by atoms with Gasteiger partial charge in [-0.25, -0.2) is 0 Å². The second kappa shape index (κ2) is 7.69. The van der Waals surface area contributed by atoms with E-state index in [0.29, 0.717) is 23.8 Å². The van der Waals surface area contributed by atoms with Crippen LogP contribution in [0.5, 0.6) is 17.2 Å². The number of rotatable bonds is 6. The van der Waals surface area contributed by atoms with Gasteiger partial charge in [-0.05, 0) is 42.4 Å². The first-order valence-electron chi connectivity index (χ1n) is 9.13. The summed E-state index contributed by atoms with van der Waals surface area (Å²) in [4.78, 5) is 14.3. The molecule has 0 aromatic heterocycles. The van der Waals surface area contributed by atoms with E-state index in [2.05, 4.69) is 4.90 Å². The molecule has 4 rings (SSSR count). The fourth-order valence-corrected chi connectivity index (χ4v) is 4.15. The van der Waals surface area contributed by atoms with Crippen molar-refractivity contribution in [3.63, 3.8) is 0 Å². The molecule has 3 unspecified atom stereocenters. The van der Waals surface area contributed by atoms with E-state index >= 15 is 0 Å². The molecule has 0 radical (unpaired) electrons. The molecule has 0 amide bonds. The number of likely N-dealkylation sites (N-methyl/N-ethyl adjacent to an activating group) is 1. The van der Waals surface area contributed by atoms with Gasteiger partial charge >= 0.3 is 5.97 Å². The van der Waals surface area contributed by atoms with Gasteiger partial charge in [-0.1, -0.05) is 18.2 Å². The van der Waals surface area contributed by atoms with Crippen molar-refractivity contribution in [2.24, 2.45) is 5.92 Å². The van der Waals surface area contributed by atoms with E-state index in [4.69, 9.17) is 18.9 Å². The van der Waals surface area contributed by atoms with Crippen LogP contribution in [0.1, 0.15) is 23.1 Å². The van der Waals surface area contributed by atoms with Gasteiger partial charge in [0.15, 0.2) is 18.3 Å². The predicted octanol–water partition coefficient (Wildman–Crippen LogP) is 2.87. The highest BCUT2D eigenvalue weighted by Crippen LogP contribution is 2.47. The second-order valence-electron chi connectivity index (χ2n) is 7.09. The van der Waals surface area contributed by atoms with Crippen molar-refractivity contribution in [3.8, 4) is 17.2 Å². The molecule has 1 saturated heterocycles. The molecule has 2 aromatic rings. The highest BCUT2D eigenvalue weighted by molar-refractivity contribution is 5.74. The Morgan fingerprint density at radius 3 is 2.57 bits per heavy atom. The van der Waals surface area contributed by atoms with Crippen LogP contribution < -0.4 is 14.2 Å². The molecule has 2 heterocycles. The molecule has 7 nitrogen and oxygen atoms in total. The summed E-state index contributed by atoms with van der Waals surface area (Å²) in [7, 11) is 3.53. The third kappa shape index (κ3) is 3.39. The normalized spacial score (nSPS) is 23.7. The van der Waals surface area contributed by atoms with Crippen LogP contribution >= 0.6 is 0 Å². The standard InChI is InChI=1S/C21H23NO6/c1-22-10-16(14-5-8-17-18(9-14)28-12-27-17)19(21(23)24)20(22)13-3-6-15(7-4-13)26-11-25-2/h3-9,16,19-20H,10-12H2,1-2H3,(H,23,24). The highest BCUT2D eigenvalue weighted by atomic mass is 16.7. The van der Waals surface area contributed by atoms with Gasteiger partial charge in [-0.15, -0.1) is 0 Å². The smallest absolute Gasteiger partial charge is 0.309 e. The van der Waals surface area contributed by atoms with Gasteiger partial charge in [0.1, 0.15) is 5.75 Å². The molecule has 28 heavy (non-hydrogen) atoms. The summed E-state index contributed by atoms with van der Waals surface area (Å²) in [6.45, 7) is 1.02. The maximum Gasteiger partial charge on any atom is 0.309 e. The molecular formula is C21H23NO6. The van der Waals surface area contributed by atoms with Crippen LogP contribution in [0.25, 0.3) is 0 Å². The molecule has 0 bridgehead atoms. The summed E-state index contributed by atoms with van der Waals surface area (Å²) in [5.74, 6) is 0.530. The average Bonchev–Trinajstić information content (AvgIpc) is 3.30. The molecular weight excluding hydrogens is 362 g/mol. The Labute approximate surface area is 163 Å². The molecule has 0 spiro atoms. The van der Waals surface area contributed by atoms with Crippen molar-refractivity contribution >= 4 is 5.97 Å². The van der Waals surface area contributed by atoms with Crippen LogP contribution in [-0.2, 0) is 9.53 Å². The van der Waals surface area contributed by atoms with Gasteiger partial charge in [-0.3, -0.25) is 9.69 Å². The summed E-state index contributed by atoms with van der Waals surface area (Å²) in [5, 5.41) is 10.0. The summed E-state index contributed by atoms with van der Waals surface area (Å²) in [5.41, 5.74) is 1.90. The predicted molar refractivity (Wildman–Crippen MR) is 101 cm³/mol. The minimum Gasteiger partial charge on any atom is -0.481 e. The summed E-state index contributed by atoms with van der Waals surface area (Å²) < 4.78 is 21.2. The van der Waals surface area contributed by atoms with Crippen molar-refractivity contribution in [3.05, 3.63) is 53.6 Å². The molecule has 1 fully saturated rings. The van der Waals surface area contributed by atoms with E-state index in [9.17, 15) is 9.90 Å². The van der Waals surface area contributed by atoms with Crippen LogP contribution in [0.15, 0.2) is 42.5 Å². The lowest BCUT2D eigenvalue weighted by Gasteiger charge is -2.24. The topological polar surface area (TPSA) is 77.5 Å². The van der Waals surface area contributed by atoms with Gasteiger partial charge in [-0.2, -0.15) is 0 Å². The summed E-state index contributed by atoms with van der Waals surface area (Å²) >= 11 is 0. The van der Waals surface area contributed by atoms with Gasteiger partial charge in [0.2, 0.25) is 6.79 Å². The lowest BCUT2D eigenvalue weighted by Crippen LogP contribution is -2.26. The zero-order chi connectivity index (χ0) is 19.7. The number of carboxylic acid groups (broad SMARTS) is 1. The van der Waals surface area contributed by atoms with E-state index in [1.54, 1.807) is 7.11 Å². The Morgan fingerprint density at radius 1 is 1.14 bits per heavy atom. The van der Waals surface area contributed by atoms with Crippen LogP contribution in [0, 0.1) is 5.92 Å². The van der Waals surface area contributed by atoms with Gasteiger partial charge in [0.25, 0.3) is 0 Å². The molecule has 1 N–H and O–H groups in total. The quantitative estimate of drug-likeness (QED) is 0.766. The zero-order valence-corrected chi connectivity index (χ0v) is 15.8. The van der Waals surface area contributed by atoms with Crippen molar-refractivity contribution in [1.29, 1.82) is 0 Å². The van der Waals surface area contributed by atoms with E-state index in [0.717, 1.165) is 11.1 Å². The first-order valence-corrected chi connectivity index (χ1v) is 9.13. The SMILES string of the molecule is COCOc1ccc(C2C(C(=O)O)C(c3ccc4c(c3)OCO4)CN2C)cc1. The Kier molecular flexibility index (Phi) is 5.11. The Hall–Kier alpha value is -2.77. The Morgan fingerprint density at radius 2 is 1.86 bits per heavy atom. The minimum atomic E-state index is -0.809. The number of ether oxygens (including phenoxy) is 4. The molecule has 2 aromatic carbocycles. The maximum atomic E-state index is 12.2. The van der Waals surface area contributed by atoms with E-state index in [-0.39, 0.29) is 25.5 Å². The van der Waals surface area contributed by atoms with Crippen LogP contribution in [0.3, 0.4) is 0 Å². The molecule has 2 aliphatic rings. The van der Waals surface area contributed by atoms with Crippen molar-refractivity contribution in [2.75, 3.05) is 34.3 Å². The summed E-state index contributed by atoms with van der Waals surface area (Å²) in [6, 6.07) is 13.0. The van der Waals surface area contributed by atoms with Crippen LogP contribution in [0.2, 0.25) is 0 Å². The van der Waals surface area contributed by atoms with Crippen LogP contribution in [-0.4, -0.2) is 50.3 Å². The highest BCUT2D eigenvalue weighted by Gasteiger charge is 2.46. The molecule has 0 saturated carbocycles. The average molecular weight is 385 g/mol. The Bertz CT molecular complexity index is 852. The fourth-order valence-electron chi connectivity index (χ4n) is 4.15. The Balaban J connectivity index is 1.62. The second-order valence-corrected chi connectivity index (χ2v) is 7.09. The number of carbonyl (C=O) groups is 1. The number of carboxylic acids is 1. The fraction of sp³-hybridized carbons (Fsp3) is 0.381. The first-order chi connectivity index (χ1) is 13.6. The van der Waals surface area contributed by atoms with Gasteiger partial charge in [0.05, 0.1) is 5.92 Å². The zero-order valence-electron chi connectivity index (χ0n) is 15.8. The lowest BCUT2D eigenvalue weighted by molar-refractivity contribution is -0.143. The monoisotopic (exact) mass is 385 g/mol. The van der Waals surface area contributed by atoms with Gasteiger partial charge in [0, 0.05) is 25.6 Å². The maximum absolute atomic E-state index is 12.2. The minimum absolute atomic E-state index is 0.147. The van der Waals surface area contributed by atoms with Crippen molar-refractivity contribution < 1.29 is 28.8 Å². The molecule has 3 atom stereocenters.